The van der Waals surface area contributed by atoms with Crippen LogP contribution in [-0.2, 0) is 28.6 Å². The van der Waals surface area contributed by atoms with Gasteiger partial charge in [0.25, 0.3) is 0 Å². The van der Waals surface area contributed by atoms with Gasteiger partial charge in [0.1, 0.15) is 13.2 Å². The fourth-order valence-electron chi connectivity index (χ4n) is 11.1. The van der Waals surface area contributed by atoms with Crippen molar-refractivity contribution in [2.75, 3.05) is 13.2 Å². The van der Waals surface area contributed by atoms with E-state index in [0.29, 0.717) is 19.3 Å². The molecule has 0 saturated carbocycles. The van der Waals surface area contributed by atoms with Crippen LogP contribution in [0, 0.1) is 0 Å². The van der Waals surface area contributed by atoms with Gasteiger partial charge >= 0.3 is 17.9 Å². The van der Waals surface area contributed by atoms with Gasteiger partial charge in [-0.2, -0.15) is 0 Å². The van der Waals surface area contributed by atoms with Crippen LogP contribution < -0.4 is 0 Å². The number of carbonyl (C=O) groups excluding carboxylic acids is 3. The molecule has 0 heterocycles. The van der Waals surface area contributed by atoms with Gasteiger partial charge in [0, 0.05) is 19.3 Å². The lowest BCUT2D eigenvalue weighted by Crippen LogP contribution is -2.30. The van der Waals surface area contributed by atoms with Gasteiger partial charge in [0.15, 0.2) is 6.10 Å². The van der Waals surface area contributed by atoms with Gasteiger partial charge < -0.3 is 14.2 Å². The molecular weight excluding hydrogens is 997 g/mol. The Bertz CT molecular complexity index is 1350. The van der Waals surface area contributed by atoms with Crippen molar-refractivity contribution in [2.45, 2.75) is 412 Å². The highest BCUT2D eigenvalue weighted by Crippen LogP contribution is 2.19. The van der Waals surface area contributed by atoms with Gasteiger partial charge in [0.2, 0.25) is 0 Å². The average molecular weight is 1140 g/mol. The summed E-state index contributed by atoms with van der Waals surface area (Å²) in [6.45, 7) is 6.68. The SMILES string of the molecule is CCCCCC/C=C\C/C=C\CCCCCCCCCC(=O)OC(COC(=O)CCCCCCC/C=C\CCCCCCCC)COC(=O)CCCCCCCCCCCCCCCCCCCCCCCCCCCCCCCC. The zero-order chi connectivity index (χ0) is 58.5. The molecule has 0 aliphatic heterocycles. The second-order valence-corrected chi connectivity index (χ2v) is 24.9. The number of rotatable bonds is 68. The highest BCUT2D eigenvalue weighted by molar-refractivity contribution is 5.71. The van der Waals surface area contributed by atoms with E-state index in [4.69, 9.17) is 14.2 Å². The summed E-state index contributed by atoms with van der Waals surface area (Å²) >= 11 is 0. The first-order valence-electron chi connectivity index (χ1n) is 36.5. The number of unbranched alkanes of at least 4 members (excludes halogenated alkanes) is 51. The first-order valence-corrected chi connectivity index (χ1v) is 36.5. The van der Waals surface area contributed by atoms with E-state index >= 15 is 0 Å². The number of esters is 3. The Hall–Kier alpha value is -2.37. The van der Waals surface area contributed by atoms with Crippen LogP contribution in [0.3, 0.4) is 0 Å². The fraction of sp³-hybridized carbons (Fsp3) is 0.880. The fourth-order valence-corrected chi connectivity index (χ4v) is 11.1. The molecule has 0 amide bonds. The molecule has 0 aliphatic carbocycles. The molecule has 6 nitrogen and oxygen atoms in total. The van der Waals surface area contributed by atoms with Gasteiger partial charge in [-0.3, -0.25) is 14.4 Å². The Kier molecular flexibility index (Phi) is 68.1. The lowest BCUT2D eigenvalue weighted by atomic mass is 10.0. The highest BCUT2D eigenvalue weighted by Gasteiger charge is 2.19. The third-order valence-electron chi connectivity index (χ3n) is 16.6. The molecule has 1 unspecified atom stereocenters. The van der Waals surface area contributed by atoms with Crippen molar-refractivity contribution in [1.82, 2.24) is 0 Å². The molecule has 0 aromatic carbocycles. The van der Waals surface area contributed by atoms with Gasteiger partial charge in [-0.25, -0.2) is 0 Å². The van der Waals surface area contributed by atoms with Crippen molar-refractivity contribution >= 4 is 17.9 Å². The number of hydrogen-bond acceptors (Lipinski definition) is 6. The van der Waals surface area contributed by atoms with Crippen molar-refractivity contribution in [3.05, 3.63) is 36.5 Å². The van der Waals surface area contributed by atoms with Gasteiger partial charge in [-0.05, 0) is 77.0 Å². The Morgan fingerprint density at radius 1 is 0.247 bits per heavy atom. The maximum Gasteiger partial charge on any atom is 0.306 e. The van der Waals surface area contributed by atoms with Crippen LogP contribution >= 0.6 is 0 Å². The molecule has 0 aliphatic rings. The molecule has 0 aromatic rings. The van der Waals surface area contributed by atoms with Crippen LogP contribution in [0.15, 0.2) is 36.5 Å². The summed E-state index contributed by atoms with van der Waals surface area (Å²) in [7, 11) is 0. The van der Waals surface area contributed by atoms with E-state index in [1.165, 1.54) is 289 Å². The summed E-state index contributed by atoms with van der Waals surface area (Å²) in [5.74, 6) is -0.862. The maximum absolute atomic E-state index is 12.9. The summed E-state index contributed by atoms with van der Waals surface area (Å²) in [5.41, 5.74) is 0. The molecule has 81 heavy (non-hydrogen) atoms. The average Bonchev–Trinajstić information content (AvgIpc) is 3.47. The Morgan fingerprint density at radius 3 is 0.704 bits per heavy atom. The second-order valence-electron chi connectivity index (χ2n) is 24.9. The van der Waals surface area contributed by atoms with Crippen LogP contribution in [0.25, 0.3) is 0 Å². The summed E-state index contributed by atoms with van der Waals surface area (Å²) in [5, 5.41) is 0. The molecule has 0 saturated heterocycles. The predicted octanol–water partition coefficient (Wildman–Crippen LogP) is 25.1. The minimum atomic E-state index is -0.779. The van der Waals surface area contributed by atoms with Crippen molar-refractivity contribution in [2.24, 2.45) is 0 Å². The minimum Gasteiger partial charge on any atom is -0.462 e. The van der Waals surface area contributed by atoms with Crippen molar-refractivity contribution in [3.63, 3.8) is 0 Å². The number of allylic oxidation sites excluding steroid dienone is 6. The standard InChI is InChI=1S/C75H140O6/c1-4-7-10-13-16-19-22-25-28-30-32-33-34-35-36-37-38-39-40-41-42-43-45-47-50-53-56-59-62-65-68-74(77)80-71-72(70-79-73(76)67-64-61-58-55-52-49-46-27-24-21-18-15-12-9-6-3)81-75(78)69-66-63-60-57-54-51-48-44-31-29-26-23-20-17-14-11-8-5-2/h20,23,27,29,31,46,72H,4-19,21-22,24-26,28,30,32-45,47-71H2,1-3H3/b23-20-,31-29-,46-27-. The zero-order valence-electron chi connectivity index (χ0n) is 54.8. The molecule has 0 bridgehead atoms. The van der Waals surface area contributed by atoms with Crippen LogP contribution in [0.2, 0.25) is 0 Å². The van der Waals surface area contributed by atoms with E-state index in [2.05, 4.69) is 57.2 Å². The molecule has 0 rings (SSSR count). The smallest absolute Gasteiger partial charge is 0.306 e. The monoisotopic (exact) mass is 1140 g/mol. The van der Waals surface area contributed by atoms with E-state index in [1.807, 2.05) is 0 Å². The van der Waals surface area contributed by atoms with E-state index in [9.17, 15) is 14.4 Å². The Balaban J connectivity index is 4.19. The lowest BCUT2D eigenvalue weighted by molar-refractivity contribution is -0.167. The Morgan fingerprint density at radius 2 is 0.444 bits per heavy atom. The first-order chi connectivity index (χ1) is 40.0. The zero-order valence-corrected chi connectivity index (χ0v) is 54.8. The van der Waals surface area contributed by atoms with E-state index in [1.54, 1.807) is 0 Å². The lowest BCUT2D eigenvalue weighted by Gasteiger charge is -2.18. The van der Waals surface area contributed by atoms with Crippen molar-refractivity contribution in [3.8, 4) is 0 Å². The first kappa shape index (κ1) is 78.6. The van der Waals surface area contributed by atoms with E-state index < -0.39 is 6.10 Å². The topological polar surface area (TPSA) is 78.9 Å². The van der Waals surface area contributed by atoms with Crippen LogP contribution in [0.1, 0.15) is 406 Å². The molecule has 0 N–H and O–H groups in total. The number of carbonyl (C=O) groups is 3. The Labute approximate surface area is 506 Å². The summed E-state index contributed by atoms with van der Waals surface area (Å²) < 4.78 is 17.0. The molecule has 0 radical (unpaired) electrons. The summed E-state index contributed by atoms with van der Waals surface area (Å²) in [6.07, 6.45) is 87.6. The van der Waals surface area contributed by atoms with Crippen molar-refractivity contribution < 1.29 is 28.6 Å². The van der Waals surface area contributed by atoms with Crippen molar-refractivity contribution in [1.29, 1.82) is 0 Å². The third kappa shape index (κ3) is 68.3. The molecule has 476 valence electrons. The highest BCUT2D eigenvalue weighted by atomic mass is 16.6. The maximum atomic E-state index is 12.9. The van der Waals surface area contributed by atoms with E-state index in [0.717, 1.165) is 77.0 Å². The molecule has 1 atom stereocenters. The van der Waals surface area contributed by atoms with Gasteiger partial charge in [-0.15, -0.1) is 0 Å². The van der Waals surface area contributed by atoms with Gasteiger partial charge in [-0.1, -0.05) is 346 Å². The van der Waals surface area contributed by atoms with Crippen LogP contribution in [-0.4, -0.2) is 37.2 Å². The number of hydrogen-bond donors (Lipinski definition) is 0. The second kappa shape index (κ2) is 70.1. The largest absolute Gasteiger partial charge is 0.462 e. The number of ether oxygens (including phenoxy) is 3. The molecule has 0 spiro atoms. The molecular formula is C75H140O6. The normalized spacial score (nSPS) is 12.2. The van der Waals surface area contributed by atoms with Crippen LogP contribution in [0.5, 0.6) is 0 Å². The summed E-state index contributed by atoms with van der Waals surface area (Å²) in [6, 6.07) is 0. The van der Waals surface area contributed by atoms with E-state index in [-0.39, 0.29) is 31.1 Å². The van der Waals surface area contributed by atoms with Gasteiger partial charge in [0.05, 0.1) is 0 Å². The minimum absolute atomic E-state index is 0.0736. The molecule has 6 heteroatoms. The quantitative estimate of drug-likeness (QED) is 0.0261. The molecule has 0 aromatic heterocycles. The molecule has 0 fully saturated rings. The summed E-state index contributed by atoms with van der Waals surface area (Å²) in [4.78, 5) is 38.4. The third-order valence-corrected chi connectivity index (χ3v) is 16.6. The van der Waals surface area contributed by atoms with Crippen LogP contribution in [0.4, 0.5) is 0 Å². The predicted molar refractivity (Wildman–Crippen MR) is 353 cm³/mol.